The van der Waals surface area contributed by atoms with Crippen molar-refractivity contribution in [3.8, 4) is 0 Å². The summed E-state index contributed by atoms with van der Waals surface area (Å²) in [5, 5.41) is 4.21. The quantitative estimate of drug-likeness (QED) is 0.672. The Labute approximate surface area is 121 Å². The summed E-state index contributed by atoms with van der Waals surface area (Å²) in [5.74, 6) is 0.305. The molecular formula is C15H17BrN2O. The molecule has 1 N–H and O–H groups in total. The van der Waals surface area contributed by atoms with E-state index in [2.05, 4.69) is 26.5 Å². The fourth-order valence-electron chi connectivity index (χ4n) is 2.87. The molecule has 0 unspecified atom stereocenters. The van der Waals surface area contributed by atoms with Gasteiger partial charge >= 0.3 is 0 Å². The minimum atomic E-state index is 0.0937. The molecule has 1 atom stereocenters. The standard InChI is InChI=1S/C15H17BrN2O/c1-10(11-3-5-12(16)6-4-11)17-18-14(19)13-9-15(13)7-2-8-15/h3-6,13H,2,7-9H2,1H3,(H,18,19)/b17-10+/t13-/m0/s1. The molecule has 0 heterocycles. The molecular weight excluding hydrogens is 304 g/mol. The van der Waals surface area contributed by atoms with Crippen molar-refractivity contribution in [3.05, 3.63) is 34.3 Å². The molecule has 2 fully saturated rings. The van der Waals surface area contributed by atoms with Crippen LogP contribution < -0.4 is 5.43 Å². The lowest BCUT2D eigenvalue weighted by molar-refractivity contribution is -0.123. The number of nitrogens with zero attached hydrogens (tertiary/aromatic N) is 1. The monoisotopic (exact) mass is 320 g/mol. The molecule has 3 nitrogen and oxygen atoms in total. The fourth-order valence-corrected chi connectivity index (χ4v) is 3.14. The van der Waals surface area contributed by atoms with E-state index in [9.17, 15) is 4.79 Å². The molecule has 1 spiro atoms. The number of hydrogen-bond donors (Lipinski definition) is 1. The van der Waals surface area contributed by atoms with Crippen LogP contribution in [0, 0.1) is 11.3 Å². The third-order valence-electron chi connectivity index (χ3n) is 4.45. The maximum atomic E-state index is 12.0. The first-order valence-electron chi connectivity index (χ1n) is 6.71. The van der Waals surface area contributed by atoms with Crippen molar-refractivity contribution >= 4 is 27.5 Å². The van der Waals surface area contributed by atoms with E-state index in [1.807, 2.05) is 31.2 Å². The second-order valence-electron chi connectivity index (χ2n) is 5.65. The molecule has 0 saturated heterocycles. The van der Waals surface area contributed by atoms with Crippen LogP contribution in [0.1, 0.15) is 38.2 Å². The summed E-state index contributed by atoms with van der Waals surface area (Å²) in [6.07, 6.45) is 4.79. The lowest BCUT2D eigenvalue weighted by Gasteiger charge is -2.25. The van der Waals surface area contributed by atoms with Gasteiger partial charge in [-0.25, -0.2) is 5.43 Å². The normalized spacial score (nSPS) is 23.9. The summed E-state index contributed by atoms with van der Waals surface area (Å²) in [7, 11) is 0. The van der Waals surface area contributed by atoms with E-state index in [0.29, 0.717) is 5.41 Å². The third-order valence-corrected chi connectivity index (χ3v) is 4.98. The molecule has 19 heavy (non-hydrogen) atoms. The number of benzene rings is 1. The third kappa shape index (κ3) is 2.46. The van der Waals surface area contributed by atoms with E-state index >= 15 is 0 Å². The van der Waals surface area contributed by atoms with Crippen molar-refractivity contribution in [2.24, 2.45) is 16.4 Å². The highest BCUT2D eigenvalue weighted by atomic mass is 79.9. The van der Waals surface area contributed by atoms with Gasteiger partial charge in [-0.15, -0.1) is 0 Å². The first-order chi connectivity index (χ1) is 9.11. The summed E-state index contributed by atoms with van der Waals surface area (Å²) >= 11 is 3.40. The topological polar surface area (TPSA) is 41.5 Å². The summed E-state index contributed by atoms with van der Waals surface area (Å²) < 4.78 is 1.04. The number of carbonyl (C=O) groups excluding carboxylic acids is 1. The van der Waals surface area contributed by atoms with Crippen LogP contribution in [0.5, 0.6) is 0 Å². The van der Waals surface area contributed by atoms with Crippen LogP contribution in [0.2, 0.25) is 0 Å². The van der Waals surface area contributed by atoms with Crippen molar-refractivity contribution in [2.75, 3.05) is 0 Å². The minimum Gasteiger partial charge on any atom is -0.273 e. The number of halogens is 1. The average Bonchev–Trinajstić information content (AvgIpc) is 3.12. The zero-order chi connectivity index (χ0) is 13.5. The highest BCUT2D eigenvalue weighted by Crippen LogP contribution is 2.65. The van der Waals surface area contributed by atoms with Gasteiger partial charge in [-0.3, -0.25) is 4.79 Å². The van der Waals surface area contributed by atoms with E-state index in [0.717, 1.165) is 22.2 Å². The fraction of sp³-hybridized carbons (Fsp3) is 0.467. The van der Waals surface area contributed by atoms with Gasteiger partial charge in [0, 0.05) is 10.4 Å². The summed E-state index contributed by atoms with van der Waals surface area (Å²) in [5.41, 5.74) is 4.95. The van der Waals surface area contributed by atoms with Crippen LogP contribution in [0.3, 0.4) is 0 Å². The molecule has 4 heteroatoms. The second-order valence-corrected chi connectivity index (χ2v) is 6.57. The SMILES string of the molecule is C/C(=N\NC(=O)[C@@H]1CC12CCC2)c1ccc(Br)cc1. The molecule has 0 bridgehead atoms. The van der Waals surface area contributed by atoms with Crippen molar-refractivity contribution in [1.82, 2.24) is 5.43 Å². The molecule has 0 radical (unpaired) electrons. The van der Waals surface area contributed by atoms with Crippen LogP contribution in [-0.2, 0) is 4.79 Å². The highest BCUT2D eigenvalue weighted by molar-refractivity contribution is 9.10. The van der Waals surface area contributed by atoms with Crippen LogP contribution in [0.4, 0.5) is 0 Å². The second kappa shape index (κ2) is 4.75. The smallest absolute Gasteiger partial charge is 0.243 e. The molecule has 100 valence electrons. The Morgan fingerprint density at radius 2 is 2.05 bits per heavy atom. The van der Waals surface area contributed by atoms with Gasteiger partial charge in [-0.1, -0.05) is 34.5 Å². The first-order valence-corrected chi connectivity index (χ1v) is 7.50. The molecule has 2 aliphatic rings. The van der Waals surface area contributed by atoms with Crippen LogP contribution in [0.25, 0.3) is 0 Å². The number of carbonyl (C=O) groups is 1. The van der Waals surface area contributed by atoms with Crippen LogP contribution in [0.15, 0.2) is 33.8 Å². The van der Waals surface area contributed by atoms with E-state index in [1.165, 1.54) is 19.3 Å². The van der Waals surface area contributed by atoms with Gasteiger partial charge in [-0.2, -0.15) is 5.10 Å². The maximum Gasteiger partial charge on any atom is 0.243 e. The summed E-state index contributed by atoms with van der Waals surface area (Å²) in [4.78, 5) is 12.0. The number of hydrazone groups is 1. The van der Waals surface area contributed by atoms with Crippen LogP contribution >= 0.6 is 15.9 Å². The van der Waals surface area contributed by atoms with Crippen molar-refractivity contribution < 1.29 is 4.79 Å². The molecule has 1 amide bonds. The Hall–Kier alpha value is -1.16. The van der Waals surface area contributed by atoms with Gasteiger partial charge in [0.25, 0.3) is 0 Å². The Morgan fingerprint density at radius 1 is 1.37 bits per heavy atom. The Morgan fingerprint density at radius 3 is 2.58 bits per heavy atom. The molecule has 0 aliphatic heterocycles. The predicted octanol–water partition coefficient (Wildman–Crippen LogP) is 3.48. The molecule has 2 aliphatic carbocycles. The molecule has 3 rings (SSSR count). The van der Waals surface area contributed by atoms with Gasteiger partial charge in [-0.05, 0) is 49.3 Å². The average molecular weight is 321 g/mol. The van der Waals surface area contributed by atoms with Crippen molar-refractivity contribution in [3.63, 3.8) is 0 Å². The Bertz CT molecular complexity index is 532. The number of rotatable bonds is 3. The maximum absolute atomic E-state index is 12.0. The molecule has 2 saturated carbocycles. The lowest BCUT2D eigenvalue weighted by atomic mass is 9.80. The van der Waals surface area contributed by atoms with E-state index in [1.54, 1.807) is 0 Å². The molecule has 0 aromatic heterocycles. The van der Waals surface area contributed by atoms with E-state index in [-0.39, 0.29) is 11.8 Å². The largest absolute Gasteiger partial charge is 0.273 e. The Balaban J connectivity index is 1.60. The summed E-state index contributed by atoms with van der Waals surface area (Å²) in [6.45, 7) is 1.91. The Kier molecular flexibility index (Phi) is 3.21. The number of hydrogen-bond acceptors (Lipinski definition) is 2. The lowest BCUT2D eigenvalue weighted by Crippen LogP contribution is -2.26. The summed E-state index contributed by atoms with van der Waals surface area (Å²) in [6, 6.07) is 7.92. The predicted molar refractivity (Wildman–Crippen MR) is 78.9 cm³/mol. The van der Waals surface area contributed by atoms with E-state index in [4.69, 9.17) is 0 Å². The minimum absolute atomic E-state index is 0.0937. The first kappa shape index (κ1) is 12.9. The number of nitrogens with one attached hydrogen (secondary N) is 1. The van der Waals surface area contributed by atoms with Gasteiger partial charge in [0.2, 0.25) is 5.91 Å². The van der Waals surface area contributed by atoms with Crippen molar-refractivity contribution in [1.29, 1.82) is 0 Å². The van der Waals surface area contributed by atoms with Crippen LogP contribution in [-0.4, -0.2) is 11.6 Å². The van der Waals surface area contributed by atoms with Gasteiger partial charge in [0.05, 0.1) is 5.71 Å². The molecule has 1 aromatic rings. The van der Waals surface area contributed by atoms with Gasteiger partial charge < -0.3 is 0 Å². The number of amides is 1. The zero-order valence-corrected chi connectivity index (χ0v) is 12.5. The highest BCUT2D eigenvalue weighted by Gasteiger charge is 2.60. The van der Waals surface area contributed by atoms with Gasteiger partial charge in [0.1, 0.15) is 0 Å². The van der Waals surface area contributed by atoms with E-state index < -0.39 is 0 Å². The molecule has 1 aromatic carbocycles. The van der Waals surface area contributed by atoms with Crippen molar-refractivity contribution in [2.45, 2.75) is 32.6 Å². The zero-order valence-electron chi connectivity index (χ0n) is 10.9. The van der Waals surface area contributed by atoms with Gasteiger partial charge in [0.15, 0.2) is 0 Å².